The number of amides is 1. The van der Waals surface area contributed by atoms with Crippen molar-refractivity contribution in [1.29, 1.82) is 10.8 Å². The van der Waals surface area contributed by atoms with Crippen LogP contribution in [0.4, 0.5) is 10.1 Å². The molecule has 0 radical (unpaired) electrons. The molecule has 3 N–H and O–H groups in total. The van der Waals surface area contributed by atoms with E-state index in [4.69, 9.17) is 10.8 Å². The van der Waals surface area contributed by atoms with E-state index in [9.17, 15) is 9.18 Å². The van der Waals surface area contributed by atoms with Crippen molar-refractivity contribution < 1.29 is 9.18 Å². The Balaban J connectivity index is 1.98. The van der Waals surface area contributed by atoms with Crippen LogP contribution in [0.15, 0.2) is 30.3 Å². The number of nitrogens with one attached hydrogen (secondary N) is 3. The summed E-state index contributed by atoms with van der Waals surface area (Å²) in [5.74, 6) is -0.805. The van der Waals surface area contributed by atoms with Gasteiger partial charge in [-0.3, -0.25) is 20.2 Å². The number of halogens is 1. The molecule has 1 heterocycles. The summed E-state index contributed by atoms with van der Waals surface area (Å²) in [7, 11) is 0. The maximum absolute atomic E-state index is 12.9. The Morgan fingerprint density at radius 3 is 2.68 bits per heavy atom. The number of pyridine rings is 1. The number of hydrogen-bond donors (Lipinski definition) is 3. The molecule has 1 aromatic heterocycles. The Bertz CT molecular complexity index is 808. The minimum atomic E-state index is -0.429. The van der Waals surface area contributed by atoms with Crippen LogP contribution < -0.4 is 10.8 Å². The Hall–Kier alpha value is -2.76. The Morgan fingerprint density at radius 1 is 1.27 bits per heavy atom. The monoisotopic (exact) mass is 298 g/mol. The number of benzene rings is 1. The first-order valence-electron chi connectivity index (χ1n) is 6.99. The Labute approximate surface area is 126 Å². The summed E-state index contributed by atoms with van der Waals surface area (Å²) in [6.45, 7) is 0. The van der Waals surface area contributed by atoms with E-state index in [-0.39, 0.29) is 16.9 Å². The number of fused-ring (bicyclic) bond motifs is 1. The summed E-state index contributed by atoms with van der Waals surface area (Å²) in [4.78, 5) is 12.4. The van der Waals surface area contributed by atoms with Crippen molar-refractivity contribution in [2.75, 3.05) is 5.32 Å². The van der Waals surface area contributed by atoms with Crippen LogP contribution in [0.1, 0.15) is 28.0 Å². The number of aryl methyl sites for hydroxylation is 1. The molecule has 0 atom stereocenters. The van der Waals surface area contributed by atoms with Crippen LogP contribution in [0.5, 0.6) is 0 Å². The van der Waals surface area contributed by atoms with E-state index < -0.39 is 5.91 Å². The number of carbonyl (C=O) groups is 1. The third-order valence-electron chi connectivity index (χ3n) is 3.81. The van der Waals surface area contributed by atoms with Gasteiger partial charge in [-0.2, -0.15) is 0 Å². The van der Waals surface area contributed by atoms with Gasteiger partial charge >= 0.3 is 0 Å². The zero-order chi connectivity index (χ0) is 15.7. The molecule has 0 spiro atoms. The summed E-state index contributed by atoms with van der Waals surface area (Å²) >= 11 is 0. The maximum atomic E-state index is 12.9. The van der Waals surface area contributed by atoms with Crippen molar-refractivity contribution in [3.05, 3.63) is 58.5 Å². The highest BCUT2D eigenvalue weighted by Crippen LogP contribution is 2.21. The van der Waals surface area contributed by atoms with Gasteiger partial charge in [-0.25, -0.2) is 4.39 Å². The molecule has 5 nitrogen and oxygen atoms in total. The summed E-state index contributed by atoms with van der Waals surface area (Å²) < 4.78 is 14.3. The average molecular weight is 298 g/mol. The standard InChI is InChI=1S/C16H15FN4O/c17-11-4-6-12(7-5-11)20-16(22)13-8-10-2-1-3-14(10)21(9-18)15(13)19/h4-9,18-19H,1-3H2,(H,20,22). The molecule has 6 heteroatoms. The number of anilines is 1. The molecule has 0 saturated carbocycles. The van der Waals surface area contributed by atoms with Crippen molar-refractivity contribution in [1.82, 2.24) is 4.57 Å². The normalized spacial score (nSPS) is 12.8. The lowest BCUT2D eigenvalue weighted by atomic mass is 10.1. The minimum Gasteiger partial charge on any atom is -0.322 e. The SMILES string of the molecule is N=Cn1c2c(cc(C(=O)Nc3ccc(F)cc3)c1=N)CCC2. The van der Waals surface area contributed by atoms with Crippen molar-refractivity contribution in [2.24, 2.45) is 0 Å². The molecule has 1 aliphatic carbocycles. The smallest absolute Gasteiger partial charge is 0.259 e. The highest BCUT2D eigenvalue weighted by Gasteiger charge is 2.20. The number of hydrogen-bond acceptors (Lipinski definition) is 3. The summed E-state index contributed by atoms with van der Waals surface area (Å²) in [5, 5.41) is 18.3. The molecule has 112 valence electrons. The lowest BCUT2D eigenvalue weighted by Gasteiger charge is -2.12. The van der Waals surface area contributed by atoms with Gasteiger partial charge in [0, 0.05) is 11.4 Å². The molecule has 0 unspecified atom stereocenters. The van der Waals surface area contributed by atoms with Crippen LogP contribution in [0.25, 0.3) is 0 Å². The van der Waals surface area contributed by atoms with Crippen molar-refractivity contribution in [3.8, 4) is 0 Å². The van der Waals surface area contributed by atoms with Gasteiger partial charge in [0.15, 0.2) is 0 Å². The third kappa shape index (κ3) is 2.43. The molecule has 0 bridgehead atoms. The van der Waals surface area contributed by atoms with E-state index in [0.717, 1.165) is 36.9 Å². The molecule has 22 heavy (non-hydrogen) atoms. The molecule has 2 aromatic rings. The predicted octanol–water partition coefficient (Wildman–Crippen LogP) is 2.30. The van der Waals surface area contributed by atoms with Gasteiger partial charge < -0.3 is 5.32 Å². The van der Waals surface area contributed by atoms with Crippen molar-refractivity contribution >= 4 is 17.9 Å². The van der Waals surface area contributed by atoms with E-state index in [2.05, 4.69) is 5.32 Å². The van der Waals surface area contributed by atoms with Crippen LogP contribution in [0.2, 0.25) is 0 Å². The molecule has 1 aliphatic rings. The van der Waals surface area contributed by atoms with Crippen LogP contribution in [0.3, 0.4) is 0 Å². The lowest BCUT2D eigenvalue weighted by Crippen LogP contribution is -2.31. The molecule has 3 rings (SSSR count). The lowest BCUT2D eigenvalue weighted by molar-refractivity contribution is 0.102. The number of nitrogens with zero attached hydrogens (tertiary/aromatic N) is 1. The van der Waals surface area contributed by atoms with E-state index in [1.54, 1.807) is 6.07 Å². The van der Waals surface area contributed by atoms with E-state index in [1.807, 2.05) is 0 Å². The fraction of sp³-hybridized carbons (Fsp3) is 0.188. The number of aromatic nitrogens is 1. The Morgan fingerprint density at radius 2 is 2.00 bits per heavy atom. The second kappa shape index (κ2) is 5.55. The zero-order valence-corrected chi connectivity index (χ0v) is 11.8. The highest BCUT2D eigenvalue weighted by molar-refractivity contribution is 6.04. The third-order valence-corrected chi connectivity index (χ3v) is 3.81. The van der Waals surface area contributed by atoms with E-state index in [1.165, 1.54) is 28.8 Å². The molecule has 1 aromatic carbocycles. The highest BCUT2D eigenvalue weighted by atomic mass is 19.1. The first-order valence-corrected chi connectivity index (χ1v) is 6.99. The van der Waals surface area contributed by atoms with Crippen molar-refractivity contribution in [2.45, 2.75) is 19.3 Å². The second-order valence-electron chi connectivity index (χ2n) is 5.19. The van der Waals surface area contributed by atoms with Gasteiger partial charge in [0.25, 0.3) is 5.91 Å². The van der Waals surface area contributed by atoms with Gasteiger partial charge in [-0.1, -0.05) is 0 Å². The summed E-state index contributed by atoms with van der Waals surface area (Å²) in [6.07, 6.45) is 3.70. The topological polar surface area (TPSA) is 81.7 Å². The van der Waals surface area contributed by atoms with Gasteiger partial charge in [-0.05, 0) is 55.2 Å². The quantitative estimate of drug-likeness (QED) is 0.590. The predicted molar refractivity (Wildman–Crippen MR) is 80.8 cm³/mol. The molecular weight excluding hydrogens is 283 g/mol. The number of carbonyl (C=O) groups excluding carboxylic acids is 1. The fourth-order valence-corrected chi connectivity index (χ4v) is 2.74. The van der Waals surface area contributed by atoms with Gasteiger partial charge in [0.05, 0.1) is 11.9 Å². The van der Waals surface area contributed by atoms with Gasteiger partial charge in [0.1, 0.15) is 11.3 Å². The first kappa shape index (κ1) is 14.2. The summed E-state index contributed by atoms with van der Waals surface area (Å²) in [6, 6.07) is 7.18. The maximum Gasteiger partial charge on any atom is 0.259 e. The zero-order valence-electron chi connectivity index (χ0n) is 11.8. The van der Waals surface area contributed by atoms with Crippen LogP contribution >= 0.6 is 0 Å². The van der Waals surface area contributed by atoms with E-state index >= 15 is 0 Å². The van der Waals surface area contributed by atoms with Gasteiger partial charge in [-0.15, -0.1) is 0 Å². The van der Waals surface area contributed by atoms with Crippen LogP contribution in [-0.2, 0) is 12.8 Å². The molecular formula is C16H15FN4O. The van der Waals surface area contributed by atoms with E-state index in [0.29, 0.717) is 5.69 Å². The fourth-order valence-electron chi connectivity index (χ4n) is 2.74. The van der Waals surface area contributed by atoms with Crippen molar-refractivity contribution in [3.63, 3.8) is 0 Å². The second-order valence-corrected chi connectivity index (χ2v) is 5.19. The Kier molecular flexibility index (Phi) is 3.58. The van der Waals surface area contributed by atoms with Gasteiger partial charge in [0.2, 0.25) is 0 Å². The molecule has 0 fully saturated rings. The average Bonchev–Trinajstić information content (AvgIpc) is 2.97. The molecule has 0 saturated heterocycles. The molecule has 1 amide bonds. The van der Waals surface area contributed by atoms with Crippen LogP contribution in [-0.4, -0.2) is 16.8 Å². The minimum absolute atomic E-state index is 0.00439. The van der Waals surface area contributed by atoms with Crippen LogP contribution in [0, 0.1) is 16.6 Å². The summed E-state index contributed by atoms with van der Waals surface area (Å²) in [5.41, 5.74) is 2.61. The molecule has 0 aliphatic heterocycles. The number of rotatable bonds is 3. The largest absolute Gasteiger partial charge is 0.322 e. The first-order chi connectivity index (χ1) is 10.6.